The maximum atomic E-state index is 12.2. The Morgan fingerprint density at radius 2 is 1.43 bits per heavy atom. The summed E-state index contributed by atoms with van der Waals surface area (Å²) in [5.74, 6) is -4.31. The first-order chi connectivity index (χ1) is 11.0. The molecule has 4 atom stereocenters. The van der Waals surface area contributed by atoms with Crippen molar-refractivity contribution >= 4 is 11.9 Å². The number of carboxylic acid groups (broad SMARTS) is 2. The van der Waals surface area contributed by atoms with Crippen LogP contribution in [-0.4, -0.2) is 27.3 Å². The molecule has 0 radical (unpaired) electrons. The third kappa shape index (κ3) is 1.45. The molecule has 0 saturated heterocycles. The van der Waals surface area contributed by atoms with Crippen molar-refractivity contribution in [2.45, 2.75) is 17.4 Å². The summed E-state index contributed by atoms with van der Waals surface area (Å²) in [6, 6.07) is 13.8. The standard InChI is InChI=1S/C18H14O5/c19-15-10-6-2-1-5-9(10)13-11-7-3-4-8-12(11)18(15,17(22)23)14(13)16(20)21/h1-8,13-15,19H,(H,20,21)(H,22,23)/t13-,14+,15-,18-/m1/s1. The van der Waals surface area contributed by atoms with E-state index < -0.39 is 35.3 Å². The summed E-state index contributed by atoms with van der Waals surface area (Å²) >= 11 is 0. The quantitative estimate of drug-likeness (QED) is 0.787. The minimum Gasteiger partial charge on any atom is -0.481 e. The number of carbonyl (C=O) groups is 2. The van der Waals surface area contributed by atoms with Gasteiger partial charge < -0.3 is 15.3 Å². The highest BCUT2D eigenvalue weighted by Crippen LogP contribution is 2.63. The van der Waals surface area contributed by atoms with Crippen molar-refractivity contribution in [2.24, 2.45) is 5.92 Å². The summed E-state index contributed by atoms with van der Waals surface area (Å²) in [5.41, 5.74) is 0.393. The molecule has 116 valence electrons. The first-order valence-electron chi connectivity index (χ1n) is 7.33. The number of aliphatic carboxylic acids is 2. The molecule has 2 aliphatic rings. The van der Waals surface area contributed by atoms with Gasteiger partial charge in [-0.05, 0) is 22.3 Å². The van der Waals surface area contributed by atoms with Gasteiger partial charge in [-0.15, -0.1) is 0 Å². The Hall–Kier alpha value is -2.66. The lowest BCUT2D eigenvalue weighted by molar-refractivity contribution is -0.163. The van der Waals surface area contributed by atoms with Gasteiger partial charge in [0.25, 0.3) is 0 Å². The van der Waals surface area contributed by atoms with E-state index >= 15 is 0 Å². The molecule has 3 N–H and O–H groups in total. The summed E-state index contributed by atoms with van der Waals surface area (Å²) in [7, 11) is 0. The molecule has 0 saturated carbocycles. The van der Waals surface area contributed by atoms with Gasteiger partial charge in [-0.3, -0.25) is 9.59 Å². The van der Waals surface area contributed by atoms with E-state index in [0.717, 1.165) is 0 Å². The number of hydrogen-bond acceptors (Lipinski definition) is 3. The zero-order valence-corrected chi connectivity index (χ0v) is 12.0. The number of aliphatic hydroxyl groups excluding tert-OH is 1. The normalized spacial score (nSPS) is 30.4. The summed E-state index contributed by atoms with van der Waals surface area (Å²) in [5, 5.41) is 30.6. The predicted molar refractivity (Wildman–Crippen MR) is 80.1 cm³/mol. The highest BCUT2D eigenvalue weighted by molar-refractivity contribution is 5.94. The SMILES string of the molecule is O=C(O)[C@@H]1[C@@H]2c3ccccc3[C@@H](O)[C@@]1(C(=O)O)c1ccccc12. The molecule has 5 heteroatoms. The van der Waals surface area contributed by atoms with Crippen molar-refractivity contribution in [2.75, 3.05) is 0 Å². The first-order valence-corrected chi connectivity index (χ1v) is 7.33. The molecule has 5 nitrogen and oxygen atoms in total. The van der Waals surface area contributed by atoms with Gasteiger partial charge >= 0.3 is 11.9 Å². The topological polar surface area (TPSA) is 94.8 Å². The van der Waals surface area contributed by atoms with Gasteiger partial charge in [-0.25, -0.2) is 0 Å². The van der Waals surface area contributed by atoms with E-state index in [2.05, 4.69) is 0 Å². The lowest BCUT2D eigenvalue weighted by Gasteiger charge is -2.41. The molecule has 23 heavy (non-hydrogen) atoms. The molecule has 0 aromatic heterocycles. The van der Waals surface area contributed by atoms with Gasteiger partial charge in [0.2, 0.25) is 0 Å². The lowest BCUT2D eigenvalue weighted by atomic mass is 9.61. The van der Waals surface area contributed by atoms with E-state index in [1.807, 2.05) is 0 Å². The Balaban J connectivity index is 2.16. The van der Waals surface area contributed by atoms with Crippen LogP contribution in [0.2, 0.25) is 0 Å². The summed E-state index contributed by atoms with van der Waals surface area (Å²) in [6.07, 6.45) is -1.41. The molecule has 0 fully saturated rings. The Morgan fingerprint density at radius 1 is 0.870 bits per heavy atom. The Bertz CT molecular complexity index is 843. The van der Waals surface area contributed by atoms with Crippen molar-refractivity contribution in [1.82, 2.24) is 0 Å². The average molecular weight is 310 g/mol. The van der Waals surface area contributed by atoms with Crippen molar-refractivity contribution < 1.29 is 24.9 Å². The van der Waals surface area contributed by atoms with Crippen LogP contribution in [0.3, 0.4) is 0 Å². The monoisotopic (exact) mass is 310 g/mol. The molecular formula is C18H14O5. The zero-order valence-electron chi connectivity index (χ0n) is 12.0. The van der Waals surface area contributed by atoms with Crippen LogP contribution in [0.1, 0.15) is 34.3 Å². The third-order valence-electron chi connectivity index (χ3n) is 5.24. The molecule has 0 amide bonds. The number of hydrogen-bond donors (Lipinski definition) is 3. The third-order valence-corrected chi connectivity index (χ3v) is 5.24. The molecule has 2 aromatic rings. The number of rotatable bonds is 2. The van der Waals surface area contributed by atoms with Crippen LogP contribution >= 0.6 is 0 Å². The van der Waals surface area contributed by atoms with Crippen molar-refractivity contribution in [3.05, 3.63) is 70.8 Å². The highest BCUT2D eigenvalue weighted by atomic mass is 16.4. The number of benzene rings is 2. The van der Waals surface area contributed by atoms with Crippen LogP contribution in [0, 0.1) is 5.92 Å². The van der Waals surface area contributed by atoms with Crippen LogP contribution in [0.25, 0.3) is 0 Å². The van der Waals surface area contributed by atoms with E-state index in [0.29, 0.717) is 22.3 Å². The van der Waals surface area contributed by atoms with E-state index in [1.54, 1.807) is 48.5 Å². The van der Waals surface area contributed by atoms with E-state index in [4.69, 9.17) is 0 Å². The van der Waals surface area contributed by atoms with Crippen LogP contribution in [-0.2, 0) is 15.0 Å². The molecule has 0 unspecified atom stereocenters. The van der Waals surface area contributed by atoms with Crippen LogP contribution < -0.4 is 0 Å². The zero-order chi connectivity index (χ0) is 16.4. The molecule has 0 aliphatic heterocycles. The highest BCUT2D eigenvalue weighted by Gasteiger charge is 2.67. The fourth-order valence-electron chi connectivity index (χ4n) is 4.41. The Morgan fingerprint density at radius 3 is 2.04 bits per heavy atom. The van der Waals surface area contributed by atoms with Gasteiger partial charge in [0.15, 0.2) is 0 Å². The second kappa shape index (κ2) is 4.43. The summed E-state index contributed by atoms with van der Waals surface area (Å²) in [6.45, 7) is 0. The predicted octanol–water partition coefficient (Wildman–Crippen LogP) is 1.90. The molecule has 4 rings (SSSR count). The van der Waals surface area contributed by atoms with Gasteiger partial charge in [0, 0.05) is 5.92 Å². The molecule has 2 bridgehead atoms. The van der Waals surface area contributed by atoms with Crippen molar-refractivity contribution in [1.29, 1.82) is 0 Å². The molecule has 2 aliphatic carbocycles. The molecule has 0 heterocycles. The van der Waals surface area contributed by atoms with E-state index in [1.165, 1.54) is 0 Å². The molecule has 0 spiro atoms. The number of fused-ring (bicyclic) bond motifs is 7. The van der Waals surface area contributed by atoms with Gasteiger partial charge in [-0.1, -0.05) is 48.5 Å². The van der Waals surface area contributed by atoms with Gasteiger partial charge in [0.1, 0.15) is 11.5 Å². The van der Waals surface area contributed by atoms with Crippen molar-refractivity contribution in [3.8, 4) is 0 Å². The fraction of sp³-hybridized carbons (Fsp3) is 0.222. The smallest absolute Gasteiger partial charge is 0.318 e. The molecule has 2 aromatic carbocycles. The van der Waals surface area contributed by atoms with Gasteiger partial charge in [-0.2, -0.15) is 0 Å². The minimum atomic E-state index is -1.86. The second-order valence-corrected chi connectivity index (χ2v) is 6.09. The second-order valence-electron chi connectivity index (χ2n) is 6.09. The van der Waals surface area contributed by atoms with Crippen LogP contribution in [0.5, 0.6) is 0 Å². The summed E-state index contributed by atoms with van der Waals surface area (Å²) < 4.78 is 0. The van der Waals surface area contributed by atoms with E-state index in [9.17, 15) is 24.9 Å². The van der Waals surface area contributed by atoms with Crippen LogP contribution in [0.15, 0.2) is 48.5 Å². The van der Waals surface area contributed by atoms with E-state index in [-0.39, 0.29) is 0 Å². The maximum Gasteiger partial charge on any atom is 0.318 e. The first kappa shape index (κ1) is 14.0. The van der Waals surface area contributed by atoms with Crippen molar-refractivity contribution in [3.63, 3.8) is 0 Å². The minimum absolute atomic E-state index is 0.397. The van der Waals surface area contributed by atoms with Crippen LogP contribution in [0.4, 0.5) is 0 Å². The fourth-order valence-corrected chi connectivity index (χ4v) is 4.41. The van der Waals surface area contributed by atoms with Gasteiger partial charge in [0.05, 0.1) is 5.92 Å². The lowest BCUT2D eigenvalue weighted by Crippen LogP contribution is -2.51. The Labute approximate surface area is 131 Å². The maximum absolute atomic E-state index is 12.2. The Kier molecular flexibility index (Phi) is 2.69. The largest absolute Gasteiger partial charge is 0.481 e. The number of carboxylic acids is 2. The summed E-state index contributed by atoms with van der Waals surface area (Å²) in [4.78, 5) is 24.2. The molecular weight excluding hydrogens is 296 g/mol. The average Bonchev–Trinajstić information content (AvgIpc) is 2.82. The number of aliphatic hydroxyl groups is 1.